The first-order valence-electron chi connectivity index (χ1n) is 10.8. The molecule has 1 heterocycles. The molecule has 1 fully saturated rings. The number of halogens is 1. The second kappa shape index (κ2) is 13.8. The van der Waals surface area contributed by atoms with Crippen LogP contribution < -0.4 is 15.4 Å². The van der Waals surface area contributed by atoms with Crippen molar-refractivity contribution in [1.29, 1.82) is 0 Å². The van der Waals surface area contributed by atoms with Crippen LogP contribution >= 0.6 is 35.7 Å². The Balaban J connectivity index is 0.00000341. The van der Waals surface area contributed by atoms with Gasteiger partial charge in [-0.3, -0.25) is 4.99 Å². The number of aliphatic imine (C=N–C) groups is 1. The number of aryl methyl sites for hydroxylation is 1. The number of aromatic nitrogens is 3. The Morgan fingerprint density at radius 3 is 2.61 bits per heavy atom. The molecule has 2 N–H and O–H groups in total. The lowest BCUT2D eigenvalue weighted by Crippen LogP contribution is -2.38. The van der Waals surface area contributed by atoms with Gasteiger partial charge >= 0.3 is 0 Å². The molecule has 1 saturated carbocycles. The van der Waals surface area contributed by atoms with Gasteiger partial charge in [0.25, 0.3) is 0 Å². The van der Waals surface area contributed by atoms with E-state index < -0.39 is 0 Å². The topological polar surface area (TPSA) is 76.4 Å². The lowest BCUT2D eigenvalue weighted by atomic mass is 10.1. The molecule has 31 heavy (non-hydrogen) atoms. The maximum Gasteiger partial charge on any atom is 0.191 e. The summed E-state index contributed by atoms with van der Waals surface area (Å²) in [6.45, 7) is 1.65. The van der Waals surface area contributed by atoms with Crippen LogP contribution in [0.15, 0.2) is 34.4 Å². The first-order valence-corrected chi connectivity index (χ1v) is 12.0. The van der Waals surface area contributed by atoms with Crippen LogP contribution in [-0.4, -0.2) is 54.2 Å². The third-order valence-electron chi connectivity index (χ3n) is 5.58. The van der Waals surface area contributed by atoms with Crippen LogP contribution in [-0.2, 0) is 12.8 Å². The lowest BCUT2D eigenvalue weighted by molar-refractivity contribution is 0.409. The Morgan fingerprint density at radius 2 is 1.90 bits per heavy atom. The number of para-hydroxylation sites is 1. The Hall–Kier alpha value is -1.49. The van der Waals surface area contributed by atoms with Crippen molar-refractivity contribution in [2.24, 2.45) is 4.99 Å². The summed E-state index contributed by atoms with van der Waals surface area (Å²) in [5, 5.41) is 16.7. The van der Waals surface area contributed by atoms with Crippen LogP contribution in [0.5, 0.6) is 5.75 Å². The Morgan fingerprint density at radius 1 is 1.16 bits per heavy atom. The van der Waals surface area contributed by atoms with Crippen LogP contribution in [0, 0.1) is 0 Å². The Labute approximate surface area is 207 Å². The number of hydrogen-bond donors (Lipinski definition) is 2. The van der Waals surface area contributed by atoms with Crippen molar-refractivity contribution in [1.82, 2.24) is 25.4 Å². The third kappa shape index (κ3) is 7.27. The molecule has 0 radical (unpaired) electrons. The number of rotatable bonds is 10. The number of guanidine groups is 1. The fourth-order valence-corrected chi connectivity index (χ4v) is 4.62. The molecular weight excluding hydrogens is 523 g/mol. The first kappa shape index (κ1) is 25.8. The summed E-state index contributed by atoms with van der Waals surface area (Å²) in [6, 6.07) is 8.70. The van der Waals surface area contributed by atoms with E-state index in [9.17, 15) is 0 Å². The number of hydrogen-bond acceptors (Lipinski definition) is 5. The molecule has 1 aromatic carbocycles. The summed E-state index contributed by atoms with van der Waals surface area (Å²) in [5.41, 5.74) is 1.19. The second-order valence-corrected chi connectivity index (χ2v) is 8.28. The zero-order valence-corrected chi connectivity index (χ0v) is 21.9. The first-order chi connectivity index (χ1) is 14.8. The highest BCUT2D eigenvalue weighted by molar-refractivity contribution is 14.0. The predicted molar refractivity (Wildman–Crippen MR) is 139 cm³/mol. The van der Waals surface area contributed by atoms with Gasteiger partial charge in [-0.15, -0.1) is 34.2 Å². The number of nitrogens with zero attached hydrogens (tertiary/aromatic N) is 4. The van der Waals surface area contributed by atoms with E-state index in [0.29, 0.717) is 6.04 Å². The molecule has 0 aliphatic heterocycles. The van der Waals surface area contributed by atoms with E-state index >= 15 is 0 Å². The van der Waals surface area contributed by atoms with E-state index in [0.717, 1.165) is 55.0 Å². The van der Waals surface area contributed by atoms with Gasteiger partial charge in [-0.2, -0.15) is 0 Å². The Bertz CT molecular complexity index is 822. The van der Waals surface area contributed by atoms with Crippen molar-refractivity contribution in [2.45, 2.75) is 56.1 Å². The van der Waals surface area contributed by atoms with E-state index in [2.05, 4.69) is 42.7 Å². The molecule has 1 aromatic heterocycles. The number of methoxy groups -OCH3 is 1. The summed E-state index contributed by atoms with van der Waals surface area (Å²) in [6.07, 6.45) is 10.0. The Kier molecular flexibility index (Phi) is 11.5. The number of thioether (sulfide) groups is 1. The van der Waals surface area contributed by atoms with Crippen LogP contribution in [0.25, 0.3) is 0 Å². The molecule has 2 aromatic rings. The molecule has 0 unspecified atom stereocenters. The monoisotopic (exact) mass is 558 g/mol. The largest absolute Gasteiger partial charge is 0.496 e. The fourth-order valence-electron chi connectivity index (χ4n) is 4.05. The standard InChI is InChI=1S/C22H34N6OS.HI/c1-23-21(25-16-14-17-9-4-7-12-19(17)29-2)24-15-8-13-20-26-27-22(30-3)28(20)18-10-5-6-11-18;/h4,7,9,12,18H,5-6,8,10-11,13-16H2,1-3H3,(H2,23,24,25);1H. The van der Waals surface area contributed by atoms with E-state index in [1.807, 2.05) is 18.2 Å². The van der Waals surface area contributed by atoms with E-state index in [-0.39, 0.29) is 24.0 Å². The van der Waals surface area contributed by atoms with Gasteiger partial charge in [-0.1, -0.05) is 42.8 Å². The van der Waals surface area contributed by atoms with Gasteiger partial charge in [0, 0.05) is 32.6 Å². The average Bonchev–Trinajstić information content (AvgIpc) is 3.45. The second-order valence-electron chi connectivity index (χ2n) is 7.50. The average molecular weight is 559 g/mol. The smallest absolute Gasteiger partial charge is 0.191 e. The quantitative estimate of drug-likeness (QED) is 0.151. The highest BCUT2D eigenvalue weighted by Crippen LogP contribution is 2.33. The minimum absolute atomic E-state index is 0. The van der Waals surface area contributed by atoms with Crippen LogP contribution in [0.2, 0.25) is 0 Å². The minimum atomic E-state index is 0. The zero-order chi connectivity index (χ0) is 21.2. The molecule has 1 aliphatic rings. The molecule has 3 rings (SSSR count). The molecule has 172 valence electrons. The number of benzene rings is 1. The molecule has 0 spiro atoms. The molecular formula is C22H35IN6OS. The molecule has 7 nitrogen and oxygen atoms in total. The zero-order valence-electron chi connectivity index (χ0n) is 18.8. The minimum Gasteiger partial charge on any atom is -0.496 e. The third-order valence-corrected chi connectivity index (χ3v) is 6.22. The summed E-state index contributed by atoms with van der Waals surface area (Å²) in [7, 11) is 3.52. The van der Waals surface area contributed by atoms with Crippen molar-refractivity contribution in [3.8, 4) is 5.75 Å². The molecule has 0 atom stereocenters. The van der Waals surface area contributed by atoms with Crippen LogP contribution in [0.1, 0.15) is 49.5 Å². The molecule has 0 bridgehead atoms. The fraction of sp³-hybridized carbons (Fsp3) is 0.591. The van der Waals surface area contributed by atoms with E-state index in [4.69, 9.17) is 4.74 Å². The molecule has 1 aliphatic carbocycles. The lowest BCUT2D eigenvalue weighted by Gasteiger charge is -2.16. The van der Waals surface area contributed by atoms with Crippen molar-refractivity contribution in [3.63, 3.8) is 0 Å². The summed E-state index contributed by atoms with van der Waals surface area (Å²) in [5.74, 6) is 2.87. The van der Waals surface area contributed by atoms with Crippen LogP contribution in [0.4, 0.5) is 0 Å². The van der Waals surface area contributed by atoms with Gasteiger partial charge in [0.05, 0.1) is 7.11 Å². The van der Waals surface area contributed by atoms with Gasteiger partial charge in [-0.25, -0.2) is 0 Å². The number of nitrogens with one attached hydrogen (secondary N) is 2. The van der Waals surface area contributed by atoms with Gasteiger partial charge < -0.3 is 19.9 Å². The van der Waals surface area contributed by atoms with E-state index in [1.165, 1.54) is 31.2 Å². The van der Waals surface area contributed by atoms with Gasteiger partial charge in [0.15, 0.2) is 11.1 Å². The maximum atomic E-state index is 5.42. The van der Waals surface area contributed by atoms with Gasteiger partial charge in [-0.05, 0) is 43.6 Å². The van der Waals surface area contributed by atoms with Crippen molar-refractivity contribution >= 4 is 41.7 Å². The van der Waals surface area contributed by atoms with Crippen molar-refractivity contribution in [3.05, 3.63) is 35.7 Å². The molecule has 0 amide bonds. The number of ether oxygens (including phenoxy) is 1. The van der Waals surface area contributed by atoms with Gasteiger partial charge in [0.2, 0.25) is 0 Å². The predicted octanol–water partition coefficient (Wildman–Crippen LogP) is 4.08. The van der Waals surface area contributed by atoms with E-state index in [1.54, 1.807) is 25.9 Å². The molecule has 9 heteroatoms. The molecule has 0 saturated heterocycles. The SMILES string of the molecule is CN=C(NCCCc1nnc(SC)n1C1CCCC1)NCCc1ccccc1OC.I. The maximum absolute atomic E-state index is 5.42. The van der Waals surface area contributed by atoms with Crippen LogP contribution in [0.3, 0.4) is 0 Å². The summed E-state index contributed by atoms with van der Waals surface area (Å²) < 4.78 is 7.81. The summed E-state index contributed by atoms with van der Waals surface area (Å²) in [4.78, 5) is 4.33. The van der Waals surface area contributed by atoms with Crippen molar-refractivity contribution < 1.29 is 4.74 Å². The van der Waals surface area contributed by atoms with Gasteiger partial charge in [0.1, 0.15) is 11.6 Å². The normalized spacial score (nSPS) is 14.4. The summed E-state index contributed by atoms with van der Waals surface area (Å²) >= 11 is 1.70. The van der Waals surface area contributed by atoms with Crippen molar-refractivity contribution in [2.75, 3.05) is 33.5 Å². The highest BCUT2D eigenvalue weighted by atomic mass is 127. The highest BCUT2D eigenvalue weighted by Gasteiger charge is 2.23.